The maximum Gasteiger partial charge on any atom is 0.323 e. The number of allylic oxidation sites excluding steroid dienone is 1. The molecule has 0 saturated carbocycles. The third-order valence-electron chi connectivity index (χ3n) is 1.18. The molecule has 0 radical (unpaired) electrons. The first-order valence-corrected chi connectivity index (χ1v) is 4.98. The maximum atomic E-state index is 11.0. The van der Waals surface area contributed by atoms with Crippen LogP contribution in [0.4, 0.5) is 0 Å². The molecule has 0 aliphatic carbocycles. The standard InChI is InChI=1S/C9H15BrO2/c1-4-12-9(11)8(10)6-5-7(2)3/h5-8H,4H2,1-3H3/b6-5+. The second kappa shape index (κ2) is 6.23. The van der Waals surface area contributed by atoms with Gasteiger partial charge in [-0.3, -0.25) is 4.79 Å². The summed E-state index contributed by atoms with van der Waals surface area (Å²) in [6, 6.07) is 0. The van der Waals surface area contributed by atoms with Gasteiger partial charge in [0.2, 0.25) is 0 Å². The van der Waals surface area contributed by atoms with E-state index in [0.717, 1.165) is 0 Å². The third kappa shape index (κ3) is 5.35. The van der Waals surface area contributed by atoms with Crippen molar-refractivity contribution >= 4 is 21.9 Å². The van der Waals surface area contributed by atoms with Crippen LogP contribution in [0.5, 0.6) is 0 Å². The van der Waals surface area contributed by atoms with Crippen LogP contribution in [-0.4, -0.2) is 17.4 Å². The number of ether oxygens (including phenoxy) is 1. The summed E-state index contributed by atoms with van der Waals surface area (Å²) in [6.45, 7) is 6.34. The molecule has 1 unspecified atom stereocenters. The molecule has 0 spiro atoms. The van der Waals surface area contributed by atoms with Crippen LogP contribution >= 0.6 is 15.9 Å². The zero-order valence-electron chi connectivity index (χ0n) is 7.71. The van der Waals surface area contributed by atoms with Gasteiger partial charge in [0.25, 0.3) is 0 Å². The average Bonchev–Trinajstić information content (AvgIpc) is 2.00. The van der Waals surface area contributed by atoms with E-state index in [0.29, 0.717) is 12.5 Å². The molecular weight excluding hydrogens is 220 g/mol. The first kappa shape index (κ1) is 11.7. The molecule has 3 heteroatoms. The van der Waals surface area contributed by atoms with E-state index in [-0.39, 0.29) is 10.8 Å². The topological polar surface area (TPSA) is 26.3 Å². The fourth-order valence-corrected chi connectivity index (χ4v) is 0.929. The number of carbonyl (C=O) groups excluding carboxylic acids is 1. The van der Waals surface area contributed by atoms with Crippen molar-refractivity contribution in [2.45, 2.75) is 25.6 Å². The lowest BCUT2D eigenvalue weighted by atomic mass is 10.2. The molecule has 0 rings (SSSR count). The van der Waals surface area contributed by atoms with Gasteiger partial charge in [0.15, 0.2) is 0 Å². The molecule has 0 aromatic carbocycles. The van der Waals surface area contributed by atoms with Gasteiger partial charge in [-0.15, -0.1) is 0 Å². The summed E-state index contributed by atoms with van der Waals surface area (Å²) in [6.07, 6.45) is 3.78. The quantitative estimate of drug-likeness (QED) is 0.425. The van der Waals surface area contributed by atoms with Gasteiger partial charge in [-0.25, -0.2) is 0 Å². The number of esters is 1. The second-order valence-corrected chi connectivity index (χ2v) is 3.77. The largest absolute Gasteiger partial charge is 0.465 e. The Morgan fingerprint density at radius 1 is 1.50 bits per heavy atom. The summed E-state index contributed by atoms with van der Waals surface area (Å²) in [7, 11) is 0. The highest BCUT2D eigenvalue weighted by molar-refractivity contribution is 9.10. The third-order valence-corrected chi connectivity index (χ3v) is 1.86. The zero-order chi connectivity index (χ0) is 9.56. The Morgan fingerprint density at radius 2 is 2.08 bits per heavy atom. The van der Waals surface area contributed by atoms with Gasteiger partial charge in [0, 0.05) is 0 Å². The van der Waals surface area contributed by atoms with Crippen molar-refractivity contribution in [1.82, 2.24) is 0 Å². The fourth-order valence-electron chi connectivity index (χ4n) is 0.620. The second-order valence-electron chi connectivity index (χ2n) is 2.78. The van der Waals surface area contributed by atoms with E-state index in [2.05, 4.69) is 29.8 Å². The Labute approximate surface area is 82.1 Å². The van der Waals surface area contributed by atoms with Crippen molar-refractivity contribution in [3.05, 3.63) is 12.2 Å². The normalized spacial score (nSPS) is 13.8. The minimum atomic E-state index is -0.306. The number of rotatable bonds is 4. The number of hydrogen-bond acceptors (Lipinski definition) is 2. The molecule has 0 fully saturated rings. The van der Waals surface area contributed by atoms with Crippen LogP contribution in [0.3, 0.4) is 0 Å². The van der Waals surface area contributed by atoms with Crippen LogP contribution in [0.25, 0.3) is 0 Å². The molecule has 0 aliphatic heterocycles. The summed E-state index contributed by atoms with van der Waals surface area (Å²) in [5.74, 6) is 0.230. The van der Waals surface area contributed by atoms with Crippen LogP contribution in [0.15, 0.2) is 12.2 Å². The Balaban J connectivity index is 3.86. The summed E-state index contributed by atoms with van der Waals surface area (Å²) in [5, 5.41) is 0. The minimum Gasteiger partial charge on any atom is -0.465 e. The van der Waals surface area contributed by atoms with Gasteiger partial charge >= 0.3 is 5.97 Å². The van der Waals surface area contributed by atoms with Crippen LogP contribution in [-0.2, 0) is 9.53 Å². The maximum absolute atomic E-state index is 11.0. The van der Waals surface area contributed by atoms with Gasteiger partial charge in [-0.1, -0.05) is 41.9 Å². The summed E-state index contributed by atoms with van der Waals surface area (Å²) >= 11 is 3.21. The summed E-state index contributed by atoms with van der Waals surface area (Å²) < 4.78 is 4.80. The SMILES string of the molecule is CCOC(=O)C(Br)/C=C/C(C)C. The molecule has 0 bridgehead atoms. The number of alkyl halides is 1. The molecule has 0 amide bonds. The molecule has 0 saturated heterocycles. The van der Waals surface area contributed by atoms with Crippen LogP contribution in [0, 0.1) is 5.92 Å². The highest BCUT2D eigenvalue weighted by Gasteiger charge is 2.11. The van der Waals surface area contributed by atoms with Crippen molar-refractivity contribution < 1.29 is 9.53 Å². The van der Waals surface area contributed by atoms with Gasteiger partial charge in [0.1, 0.15) is 4.83 Å². The monoisotopic (exact) mass is 234 g/mol. The summed E-state index contributed by atoms with van der Waals surface area (Å²) in [4.78, 5) is 10.7. The van der Waals surface area contributed by atoms with E-state index in [4.69, 9.17) is 4.74 Å². The van der Waals surface area contributed by atoms with E-state index < -0.39 is 0 Å². The number of carbonyl (C=O) groups is 1. The lowest BCUT2D eigenvalue weighted by molar-refractivity contribution is -0.141. The molecule has 70 valence electrons. The predicted octanol–water partition coefficient (Wildman–Crippen LogP) is 2.53. The number of halogens is 1. The predicted molar refractivity (Wildman–Crippen MR) is 53.3 cm³/mol. The van der Waals surface area contributed by atoms with Crippen LogP contribution in [0.1, 0.15) is 20.8 Å². The highest BCUT2D eigenvalue weighted by atomic mass is 79.9. The molecule has 1 atom stereocenters. The smallest absolute Gasteiger partial charge is 0.323 e. The van der Waals surface area contributed by atoms with Crippen molar-refractivity contribution in [2.24, 2.45) is 5.92 Å². The first-order valence-electron chi connectivity index (χ1n) is 4.07. The zero-order valence-corrected chi connectivity index (χ0v) is 9.30. The Hall–Kier alpha value is -0.310. The van der Waals surface area contributed by atoms with Gasteiger partial charge in [-0.2, -0.15) is 0 Å². The Bertz CT molecular complexity index is 164. The van der Waals surface area contributed by atoms with Crippen molar-refractivity contribution in [3.63, 3.8) is 0 Å². The summed E-state index contributed by atoms with van der Waals surface area (Å²) in [5.41, 5.74) is 0. The molecule has 0 aromatic heterocycles. The van der Waals surface area contributed by atoms with Crippen molar-refractivity contribution in [3.8, 4) is 0 Å². The Morgan fingerprint density at radius 3 is 2.50 bits per heavy atom. The molecular formula is C9H15BrO2. The van der Waals surface area contributed by atoms with E-state index in [1.165, 1.54) is 0 Å². The van der Waals surface area contributed by atoms with Gasteiger partial charge in [-0.05, 0) is 12.8 Å². The van der Waals surface area contributed by atoms with Crippen molar-refractivity contribution in [2.75, 3.05) is 6.61 Å². The molecule has 0 aliphatic rings. The lowest BCUT2D eigenvalue weighted by Gasteiger charge is -2.04. The Kier molecular flexibility index (Phi) is 6.07. The molecule has 0 heterocycles. The number of hydrogen-bond donors (Lipinski definition) is 0. The van der Waals surface area contributed by atoms with Crippen LogP contribution < -0.4 is 0 Å². The molecule has 0 N–H and O–H groups in total. The van der Waals surface area contributed by atoms with Crippen molar-refractivity contribution in [1.29, 1.82) is 0 Å². The average molecular weight is 235 g/mol. The van der Waals surface area contributed by atoms with E-state index >= 15 is 0 Å². The minimum absolute atomic E-state index is 0.227. The first-order chi connectivity index (χ1) is 5.57. The molecule has 12 heavy (non-hydrogen) atoms. The molecule has 2 nitrogen and oxygen atoms in total. The lowest BCUT2D eigenvalue weighted by Crippen LogP contribution is -2.14. The fraction of sp³-hybridized carbons (Fsp3) is 0.667. The van der Waals surface area contributed by atoms with E-state index in [1.807, 2.05) is 12.2 Å². The van der Waals surface area contributed by atoms with E-state index in [9.17, 15) is 4.79 Å². The van der Waals surface area contributed by atoms with E-state index in [1.54, 1.807) is 6.92 Å². The van der Waals surface area contributed by atoms with Crippen LogP contribution in [0.2, 0.25) is 0 Å². The highest BCUT2D eigenvalue weighted by Crippen LogP contribution is 2.06. The molecule has 0 aromatic rings. The van der Waals surface area contributed by atoms with Gasteiger partial charge in [0.05, 0.1) is 6.61 Å². The van der Waals surface area contributed by atoms with Gasteiger partial charge < -0.3 is 4.74 Å².